The summed E-state index contributed by atoms with van der Waals surface area (Å²) in [5.41, 5.74) is 6.37. The maximum atomic E-state index is 11.8. The highest BCUT2D eigenvalue weighted by molar-refractivity contribution is 7.88. The first-order valence-electron chi connectivity index (χ1n) is 11.0. The number of aromatic nitrogens is 4. The number of nitrogens with two attached hydrogens (primary N) is 1. The van der Waals surface area contributed by atoms with E-state index in [2.05, 4.69) is 20.9 Å². The third kappa shape index (κ3) is 4.93. The normalized spacial score (nSPS) is 18.8. The zero-order valence-electron chi connectivity index (χ0n) is 18.5. The van der Waals surface area contributed by atoms with Crippen LogP contribution in [0.15, 0.2) is 18.5 Å². The Morgan fingerprint density at radius 1 is 1.12 bits per heavy atom. The van der Waals surface area contributed by atoms with Gasteiger partial charge in [0, 0.05) is 43.4 Å². The van der Waals surface area contributed by atoms with Crippen molar-refractivity contribution in [3.63, 3.8) is 0 Å². The fourth-order valence-corrected chi connectivity index (χ4v) is 6.40. The van der Waals surface area contributed by atoms with Crippen molar-refractivity contribution in [3.8, 4) is 11.4 Å². The summed E-state index contributed by atoms with van der Waals surface area (Å²) in [6.45, 7) is 4.07. The van der Waals surface area contributed by atoms with Gasteiger partial charge in [0.25, 0.3) is 0 Å². The predicted octanol–water partition coefficient (Wildman–Crippen LogP) is 1.78. The lowest BCUT2D eigenvalue weighted by molar-refractivity contribution is 0.122. The molecule has 0 saturated carbocycles. The van der Waals surface area contributed by atoms with Crippen molar-refractivity contribution in [2.45, 2.75) is 19.3 Å². The van der Waals surface area contributed by atoms with Crippen LogP contribution >= 0.6 is 11.3 Å². The second-order valence-corrected chi connectivity index (χ2v) is 11.6. The smallest absolute Gasteiger partial charge is 0.219 e. The zero-order chi connectivity index (χ0) is 23.0. The fourth-order valence-electron chi connectivity index (χ4n) is 4.39. The van der Waals surface area contributed by atoms with Gasteiger partial charge in [-0.15, -0.1) is 11.3 Å². The van der Waals surface area contributed by atoms with Crippen LogP contribution in [-0.4, -0.2) is 78.3 Å². The van der Waals surface area contributed by atoms with E-state index in [1.807, 2.05) is 0 Å². The van der Waals surface area contributed by atoms with Gasteiger partial charge in [-0.25, -0.2) is 32.7 Å². The highest BCUT2D eigenvalue weighted by atomic mass is 32.2. The van der Waals surface area contributed by atoms with Crippen LogP contribution < -0.4 is 10.6 Å². The largest absolute Gasteiger partial charge is 0.378 e. The van der Waals surface area contributed by atoms with Crippen LogP contribution in [0.3, 0.4) is 0 Å². The molecule has 2 aliphatic heterocycles. The van der Waals surface area contributed by atoms with Crippen LogP contribution in [0.1, 0.15) is 17.7 Å². The Morgan fingerprint density at radius 3 is 2.48 bits per heavy atom. The molecule has 2 aliphatic rings. The van der Waals surface area contributed by atoms with Gasteiger partial charge in [-0.3, -0.25) is 0 Å². The molecule has 10 nitrogen and oxygen atoms in total. The Balaban J connectivity index is 1.45. The lowest BCUT2D eigenvalue weighted by Gasteiger charge is -2.29. The van der Waals surface area contributed by atoms with Crippen LogP contribution in [0.25, 0.3) is 21.6 Å². The average molecular weight is 490 g/mol. The van der Waals surface area contributed by atoms with Gasteiger partial charge in [0.1, 0.15) is 10.6 Å². The van der Waals surface area contributed by atoms with Gasteiger partial charge in [0.2, 0.25) is 16.0 Å². The molecule has 0 unspecified atom stereocenters. The molecule has 2 N–H and O–H groups in total. The molecule has 2 fully saturated rings. The van der Waals surface area contributed by atoms with Crippen molar-refractivity contribution in [1.29, 1.82) is 0 Å². The number of ether oxygens (including phenoxy) is 1. The quantitative estimate of drug-likeness (QED) is 0.570. The molecule has 0 atom stereocenters. The molecule has 33 heavy (non-hydrogen) atoms. The second kappa shape index (κ2) is 9.09. The topological polar surface area (TPSA) is 127 Å². The average Bonchev–Trinajstić information content (AvgIpc) is 3.21. The molecule has 3 aromatic heterocycles. The molecule has 3 aromatic rings. The number of nitrogen functional groups attached to an aromatic ring is 1. The van der Waals surface area contributed by atoms with Crippen molar-refractivity contribution < 1.29 is 13.2 Å². The van der Waals surface area contributed by atoms with E-state index in [0.29, 0.717) is 38.0 Å². The molecule has 0 bridgehead atoms. The van der Waals surface area contributed by atoms with Gasteiger partial charge in [0.15, 0.2) is 5.82 Å². The first kappa shape index (κ1) is 22.4. The van der Waals surface area contributed by atoms with E-state index in [1.165, 1.54) is 11.1 Å². The first-order valence-corrected chi connectivity index (χ1v) is 13.7. The molecule has 0 amide bonds. The van der Waals surface area contributed by atoms with E-state index in [-0.39, 0.29) is 5.95 Å². The van der Waals surface area contributed by atoms with Crippen molar-refractivity contribution in [2.24, 2.45) is 5.92 Å². The van der Waals surface area contributed by atoms with Gasteiger partial charge < -0.3 is 15.4 Å². The summed E-state index contributed by atoms with van der Waals surface area (Å²) in [6.07, 6.45) is 7.25. The highest BCUT2D eigenvalue weighted by Crippen LogP contribution is 2.35. The molecular formula is C21H27N7O3S2. The number of hydrogen-bond acceptors (Lipinski definition) is 10. The molecule has 5 heterocycles. The number of sulfonamides is 1. The summed E-state index contributed by atoms with van der Waals surface area (Å²) in [7, 11) is -3.11. The minimum atomic E-state index is -3.11. The second-order valence-electron chi connectivity index (χ2n) is 8.54. The Bertz CT molecular complexity index is 1230. The van der Waals surface area contributed by atoms with E-state index in [9.17, 15) is 8.42 Å². The number of fused-ring (bicyclic) bond motifs is 1. The molecule has 0 spiro atoms. The van der Waals surface area contributed by atoms with Crippen molar-refractivity contribution in [2.75, 3.05) is 56.3 Å². The van der Waals surface area contributed by atoms with E-state index < -0.39 is 10.0 Å². The lowest BCUT2D eigenvalue weighted by Crippen LogP contribution is -2.38. The van der Waals surface area contributed by atoms with Gasteiger partial charge in [0.05, 0.1) is 30.4 Å². The Hall–Kier alpha value is -2.41. The Morgan fingerprint density at radius 2 is 1.82 bits per heavy atom. The predicted molar refractivity (Wildman–Crippen MR) is 129 cm³/mol. The van der Waals surface area contributed by atoms with Gasteiger partial charge in [-0.2, -0.15) is 0 Å². The Labute approximate surface area is 196 Å². The number of rotatable bonds is 5. The maximum absolute atomic E-state index is 11.8. The SMILES string of the molecule is CS(=O)(=O)N1CCC(Cc2cc3c(N4CCOCC4)nc(-c4cnc(N)nc4)nc3s2)CC1. The fraction of sp³-hybridized carbons (Fsp3) is 0.524. The van der Waals surface area contributed by atoms with Crippen LogP contribution in [0, 0.1) is 5.92 Å². The summed E-state index contributed by atoms with van der Waals surface area (Å²) >= 11 is 1.68. The minimum absolute atomic E-state index is 0.216. The van der Waals surface area contributed by atoms with Crippen molar-refractivity contribution in [1.82, 2.24) is 24.2 Å². The van der Waals surface area contributed by atoms with E-state index >= 15 is 0 Å². The summed E-state index contributed by atoms with van der Waals surface area (Å²) in [5, 5.41) is 1.05. The van der Waals surface area contributed by atoms with Crippen molar-refractivity contribution in [3.05, 3.63) is 23.3 Å². The van der Waals surface area contributed by atoms with Crippen LogP contribution in [0.5, 0.6) is 0 Å². The first-order chi connectivity index (χ1) is 15.9. The van der Waals surface area contributed by atoms with E-state index in [1.54, 1.807) is 28.0 Å². The van der Waals surface area contributed by atoms with Crippen LogP contribution in [0.2, 0.25) is 0 Å². The lowest BCUT2D eigenvalue weighted by atomic mass is 9.94. The van der Waals surface area contributed by atoms with Crippen LogP contribution in [-0.2, 0) is 21.2 Å². The molecule has 2 saturated heterocycles. The molecule has 12 heteroatoms. The summed E-state index contributed by atoms with van der Waals surface area (Å²) < 4.78 is 30.7. The van der Waals surface area contributed by atoms with Crippen molar-refractivity contribution >= 4 is 43.3 Å². The summed E-state index contributed by atoms with van der Waals surface area (Å²) in [4.78, 5) is 22.3. The standard InChI is InChI=1S/C21H27N7O3S2/c1-33(29,30)28-4-2-14(3-5-28)10-16-11-17-19(27-6-8-31-9-7-27)25-18(26-20(17)32-16)15-12-23-21(22)24-13-15/h11-14H,2-10H2,1H3,(H2,22,23,24). The zero-order valence-corrected chi connectivity index (χ0v) is 20.1. The molecule has 176 valence electrons. The maximum Gasteiger partial charge on any atom is 0.219 e. The number of piperidine rings is 1. The van der Waals surface area contributed by atoms with E-state index in [4.69, 9.17) is 20.4 Å². The highest BCUT2D eigenvalue weighted by Gasteiger charge is 2.26. The number of morpholine rings is 1. The minimum Gasteiger partial charge on any atom is -0.378 e. The number of thiophene rings is 1. The monoisotopic (exact) mass is 489 g/mol. The van der Waals surface area contributed by atoms with Gasteiger partial charge >= 0.3 is 0 Å². The summed E-state index contributed by atoms with van der Waals surface area (Å²) in [6, 6.07) is 2.21. The van der Waals surface area contributed by atoms with Gasteiger partial charge in [-0.1, -0.05) is 0 Å². The molecule has 5 rings (SSSR count). The number of anilines is 2. The number of nitrogens with zero attached hydrogens (tertiary/aromatic N) is 6. The van der Waals surface area contributed by atoms with Gasteiger partial charge in [-0.05, 0) is 31.2 Å². The molecular weight excluding hydrogens is 462 g/mol. The molecule has 0 aromatic carbocycles. The molecule has 0 aliphatic carbocycles. The molecule has 0 radical (unpaired) electrons. The Kier molecular flexibility index (Phi) is 6.16. The third-order valence-corrected chi connectivity index (χ3v) is 8.55. The van der Waals surface area contributed by atoms with E-state index in [0.717, 1.165) is 53.9 Å². The third-order valence-electron chi connectivity index (χ3n) is 6.20. The number of hydrogen-bond donors (Lipinski definition) is 1. The van der Waals surface area contributed by atoms with Crippen LogP contribution in [0.4, 0.5) is 11.8 Å². The summed E-state index contributed by atoms with van der Waals surface area (Å²) in [5.74, 6) is 2.16.